The quantitative estimate of drug-likeness (QED) is 0.300. The zero-order valence-corrected chi connectivity index (χ0v) is 21.8. The molecule has 8 heteroatoms. The van der Waals surface area contributed by atoms with Gasteiger partial charge in [0.2, 0.25) is 0 Å². The Morgan fingerprint density at radius 3 is 2.47 bits per heavy atom. The molecule has 0 bridgehead atoms. The van der Waals surface area contributed by atoms with Gasteiger partial charge in [0, 0.05) is 57.6 Å². The summed E-state index contributed by atoms with van der Waals surface area (Å²) in [5, 5.41) is 9.42. The van der Waals surface area contributed by atoms with E-state index in [1.807, 2.05) is 24.3 Å². The first kappa shape index (κ1) is 25.9. The fraction of sp³-hybridized carbons (Fsp3) is 0.333. The molecule has 198 valence electrons. The number of hydrogen-bond acceptors (Lipinski definition) is 6. The van der Waals surface area contributed by atoms with Crippen LogP contribution < -0.4 is 4.90 Å². The Morgan fingerprint density at radius 2 is 1.71 bits per heavy atom. The molecule has 0 saturated carbocycles. The molecule has 1 aliphatic heterocycles. The van der Waals surface area contributed by atoms with E-state index < -0.39 is 5.97 Å². The maximum atomic E-state index is 11.5. The number of rotatable bonds is 11. The largest absolute Gasteiger partial charge is 0.478 e. The Bertz CT molecular complexity index is 1360. The van der Waals surface area contributed by atoms with E-state index in [2.05, 4.69) is 50.8 Å². The molecule has 1 aromatic heterocycles. The van der Waals surface area contributed by atoms with Crippen LogP contribution in [-0.4, -0.2) is 78.6 Å². The van der Waals surface area contributed by atoms with Gasteiger partial charge in [0.05, 0.1) is 36.4 Å². The van der Waals surface area contributed by atoms with Gasteiger partial charge in [0.1, 0.15) is 5.82 Å². The van der Waals surface area contributed by atoms with E-state index in [9.17, 15) is 9.90 Å². The number of ether oxygens (including phenoxy) is 2. The topological polar surface area (TPSA) is 80.1 Å². The Kier molecular flexibility index (Phi) is 8.33. The van der Waals surface area contributed by atoms with E-state index in [-0.39, 0.29) is 5.56 Å². The van der Waals surface area contributed by atoms with E-state index in [1.165, 1.54) is 11.3 Å². The van der Waals surface area contributed by atoms with Crippen molar-refractivity contribution < 1.29 is 19.4 Å². The summed E-state index contributed by atoms with van der Waals surface area (Å²) in [4.78, 5) is 21.1. The highest BCUT2D eigenvalue weighted by molar-refractivity contribution is 5.93. The standard InChI is InChI=1S/C30H34N4O4/c1-37-18-12-29-31-27-20-24(30(35)36)10-11-28(27)34(29)26-9-5-8-25(21-26)33-15-13-32(14-16-33)17-19-38-22-23-6-3-2-4-7-23/h2-11,20-21H,12-19,22H2,1H3,(H,35,36). The summed E-state index contributed by atoms with van der Waals surface area (Å²) in [7, 11) is 1.67. The molecule has 3 aromatic carbocycles. The van der Waals surface area contributed by atoms with Crippen molar-refractivity contribution in [3.63, 3.8) is 0 Å². The fourth-order valence-corrected chi connectivity index (χ4v) is 4.93. The molecule has 4 aromatic rings. The lowest BCUT2D eigenvalue weighted by atomic mass is 10.2. The van der Waals surface area contributed by atoms with Gasteiger partial charge in [0.25, 0.3) is 0 Å². The molecule has 8 nitrogen and oxygen atoms in total. The minimum atomic E-state index is -0.955. The fourth-order valence-electron chi connectivity index (χ4n) is 4.93. The van der Waals surface area contributed by atoms with Gasteiger partial charge < -0.3 is 19.5 Å². The smallest absolute Gasteiger partial charge is 0.335 e. The lowest BCUT2D eigenvalue weighted by Gasteiger charge is -2.36. The van der Waals surface area contributed by atoms with E-state index in [0.717, 1.165) is 56.4 Å². The lowest BCUT2D eigenvalue weighted by molar-refractivity contribution is 0.0697. The SMILES string of the molecule is COCCc1nc2cc(C(=O)O)ccc2n1-c1cccc(N2CCN(CCOCc3ccccc3)CC2)c1. The van der Waals surface area contributed by atoms with Crippen molar-refractivity contribution >= 4 is 22.7 Å². The number of imidazole rings is 1. The predicted molar refractivity (Wildman–Crippen MR) is 148 cm³/mol. The van der Waals surface area contributed by atoms with Crippen LogP contribution in [0.2, 0.25) is 0 Å². The Morgan fingerprint density at radius 1 is 0.921 bits per heavy atom. The first-order chi connectivity index (χ1) is 18.6. The van der Waals surface area contributed by atoms with Crippen LogP contribution in [0.5, 0.6) is 0 Å². The van der Waals surface area contributed by atoms with Gasteiger partial charge in [-0.05, 0) is 42.0 Å². The van der Waals surface area contributed by atoms with Crippen LogP contribution in [0.4, 0.5) is 5.69 Å². The molecule has 1 N–H and O–H groups in total. The van der Waals surface area contributed by atoms with Crippen molar-refractivity contribution in [3.8, 4) is 5.69 Å². The second kappa shape index (κ2) is 12.2. The molecule has 38 heavy (non-hydrogen) atoms. The van der Waals surface area contributed by atoms with Crippen molar-refractivity contribution in [3.05, 3.63) is 89.7 Å². The van der Waals surface area contributed by atoms with Crippen molar-refractivity contribution in [1.82, 2.24) is 14.5 Å². The third-order valence-corrected chi connectivity index (χ3v) is 6.99. The van der Waals surface area contributed by atoms with Crippen molar-refractivity contribution in [2.45, 2.75) is 13.0 Å². The van der Waals surface area contributed by atoms with Crippen LogP contribution >= 0.6 is 0 Å². The third-order valence-electron chi connectivity index (χ3n) is 6.99. The molecule has 0 unspecified atom stereocenters. The highest BCUT2D eigenvalue weighted by Crippen LogP contribution is 2.27. The van der Waals surface area contributed by atoms with Gasteiger partial charge in [-0.15, -0.1) is 0 Å². The number of aromatic nitrogens is 2. The molecular formula is C30H34N4O4. The second-order valence-electron chi connectivity index (χ2n) is 9.50. The molecule has 0 aliphatic carbocycles. The molecule has 1 fully saturated rings. The Balaban J connectivity index is 1.25. The number of piperazine rings is 1. The van der Waals surface area contributed by atoms with Crippen LogP contribution in [0.25, 0.3) is 16.7 Å². The summed E-state index contributed by atoms with van der Waals surface area (Å²) in [5.74, 6) is -0.106. The molecule has 0 radical (unpaired) electrons. The average molecular weight is 515 g/mol. The van der Waals surface area contributed by atoms with E-state index in [1.54, 1.807) is 19.2 Å². The molecule has 1 saturated heterocycles. The number of methoxy groups -OCH3 is 1. The molecule has 1 aliphatic rings. The molecular weight excluding hydrogens is 480 g/mol. The molecule has 0 amide bonds. The maximum Gasteiger partial charge on any atom is 0.335 e. The number of fused-ring (bicyclic) bond motifs is 1. The molecule has 2 heterocycles. The molecule has 0 atom stereocenters. The second-order valence-corrected chi connectivity index (χ2v) is 9.50. The van der Waals surface area contributed by atoms with E-state index >= 15 is 0 Å². The van der Waals surface area contributed by atoms with Crippen molar-refractivity contribution in [1.29, 1.82) is 0 Å². The zero-order valence-electron chi connectivity index (χ0n) is 21.8. The normalized spacial score (nSPS) is 14.3. The van der Waals surface area contributed by atoms with Crippen LogP contribution in [0.3, 0.4) is 0 Å². The summed E-state index contributed by atoms with van der Waals surface area (Å²) >= 11 is 0. The van der Waals surface area contributed by atoms with E-state index in [0.29, 0.717) is 25.2 Å². The van der Waals surface area contributed by atoms with Gasteiger partial charge in [0.15, 0.2) is 0 Å². The van der Waals surface area contributed by atoms with Gasteiger partial charge >= 0.3 is 5.97 Å². The number of carbonyl (C=O) groups is 1. The number of hydrogen-bond donors (Lipinski definition) is 1. The molecule has 0 spiro atoms. The number of carboxylic acids is 1. The van der Waals surface area contributed by atoms with Crippen molar-refractivity contribution in [2.24, 2.45) is 0 Å². The van der Waals surface area contributed by atoms with Gasteiger partial charge in [-0.1, -0.05) is 36.4 Å². The Labute approximate surface area is 223 Å². The summed E-state index contributed by atoms with van der Waals surface area (Å²) in [6.45, 7) is 6.73. The summed E-state index contributed by atoms with van der Waals surface area (Å²) < 4.78 is 13.3. The Hall–Kier alpha value is -3.72. The monoisotopic (exact) mass is 514 g/mol. The highest BCUT2D eigenvalue weighted by atomic mass is 16.5. The minimum absolute atomic E-state index is 0.234. The number of carboxylic acid groups (broad SMARTS) is 1. The number of benzene rings is 3. The first-order valence-corrected chi connectivity index (χ1v) is 13.1. The summed E-state index contributed by atoms with van der Waals surface area (Å²) in [5.41, 5.74) is 5.18. The average Bonchev–Trinajstić information content (AvgIpc) is 3.32. The first-order valence-electron chi connectivity index (χ1n) is 13.1. The highest BCUT2D eigenvalue weighted by Gasteiger charge is 2.19. The summed E-state index contributed by atoms with van der Waals surface area (Å²) in [6, 6.07) is 23.9. The number of anilines is 1. The number of nitrogens with zero attached hydrogens (tertiary/aromatic N) is 4. The van der Waals surface area contributed by atoms with Crippen molar-refractivity contribution in [2.75, 3.05) is 57.9 Å². The minimum Gasteiger partial charge on any atom is -0.478 e. The zero-order chi connectivity index (χ0) is 26.3. The van der Waals surface area contributed by atoms with Gasteiger partial charge in [-0.2, -0.15) is 0 Å². The third kappa shape index (κ3) is 6.05. The van der Waals surface area contributed by atoms with Crippen LogP contribution in [-0.2, 0) is 22.5 Å². The van der Waals surface area contributed by atoms with Crippen LogP contribution in [0.1, 0.15) is 21.7 Å². The summed E-state index contributed by atoms with van der Waals surface area (Å²) in [6.07, 6.45) is 0.628. The van der Waals surface area contributed by atoms with E-state index in [4.69, 9.17) is 14.5 Å². The van der Waals surface area contributed by atoms with Gasteiger partial charge in [-0.3, -0.25) is 9.47 Å². The molecule has 5 rings (SSSR count). The predicted octanol–water partition coefficient (Wildman–Crippen LogP) is 4.25. The van der Waals surface area contributed by atoms with Crippen LogP contribution in [0.15, 0.2) is 72.8 Å². The van der Waals surface area contributed by atoms with Gasteiger partial charge in [-0.25, -0.2) is 9.78 Å². The maximum absolute atomic E-state index is 11.5. The van der Waals surface area contributed by atoms with Crippen LogP contribution in [0, 0.1) is 0 Å². The number of aromatic carboxylic acids is 1. The lowest BCUT2D eigenvalue weighted by Crippen LogP contribution is -2.47.